The van der Waals surface area contributed by atoms with E-state index in [9.17, 15) is 9.60 Å². The Morgan fingerprint density at radius 2 is 2.25 bits per heavy atom. The van der Waals surface area contributed by atoms with E-state index in [1.165, 1.54) is 16.6 Å². The molecule has 16 heavy (non-hydrogen) atoms. The van der Waals surface area contributed by atoms with Gasteiger partial charge >= 0.3 is 0 Å². The number of rotatable bonds is 0. The highest BCUT2D eigenvalue weighted by Gasteiger charge is 2.15. The van der Waals surface area contributed by atoms with Gasteiger partial charge in [-0.25, -0.2) is 8.91 Å². The van der Waals surface area contributed by atoms with Crippen LogP contribution < -0.4 is 4.85 Å². The number of hydrogen-bond donors (Lipinski definition) is 0. The Morgan fingerprint density at radius 1 is 1.44 bits per heavy atom. The molecule has 5 nitrogen and oxygen atoms in total. The van der Waals surface area contributed by atoms with Crippen molar-refractivity contribution in [1.29, 1.82) is 0 Å². The minimum atomic E-state index is -0.647. The fourth-order valence-electron chi connectivity index (χ4n) is 1.56. The van der Waals surface area contributed by atoms with Crippen LogP contribution in [0.15, 0.2) is 24.4 Å². The second-order valence-corrected chi connectivity index (χ2v) is 3.67. The zero-order valence-corrected chi connectivity index (χ0v) is 8.52. The van der Waals surface area contributed by atoms with Crippen molar-refractivity contribution in [3.63, 3.8) is 0 Å². The van der Waals surface area contributed by atoms with Crippen molar-refractivity contribution >= 4 is 28.3 Å². The Morgan fingerprint density at radius 3 is 3.06 bits per heavy atom. The van der Waals surface area contributed by atoms with Crippen molar-refractivity contribution in [3.8, 4) is 0 Å². The molecule has 0 saturated heterocycles. The van der Waals surface area contributed by atoms with E-state index in [2.05, 4.69) is 10.2 Å². The van der Waals surface area contributed by atoms with E-state index < -0.39 is 5.82 Å². The van der Waals surface area contributed by atoms with Crippen LogP contribution >= 0.6 is 11.6 Å². The van der Waals surface area contributed by atoms with Crippen LogP contribution in [-0.4, -0.2) is 14.7 Å². The number of hydrogen-bond acceptors (Lipinski definition) is 3. The lowest BCUT2D eigenvalue weighted by atomic mass is 10.3. The summed E-state index contributed by atoms with van der Waals surface area (Å²) in [4.78, 5) is 0.353. The molecule has 3 aromatic rings. The number of benzene rings is 1. The van der Waals surface area contributed by atoms with Crippen LogP contribution in [0.4, 0.5) is 4.39 Å². The maximum Gasteiger partial charge on any atom is 0.270 e. The second kappa shape index (κ2) is 3.02. The first-order valence-corrected chi connectivity index (χ1v) is 4.77. The van der Waals surface area contributed by atoms with Crippen LogP contribution in [0.1, 0.15) is 0 Å². The highest BCUT2D eigenvalue weighted by molar-refractivity contribution is 6.31. The van der Waals surface area contributed by atoms with Gasteiger partial charge in [0.05, 0.1) is 6.20 Å². The van der Waals surface area contributed by atoms with E-state index in [-0.39, 0.29) is 11.2 Å². The first-order chi connectivity index (χ1) is 7.66. The third-order valence-corrected chi connectivity index (χ3v) is 2.49. The quantitative estimate of drug-likeness (QED) is 0.438. The van der Waals surface area contributed by atoms with E-state index in [0.29, 0.717) is 15.4 Å². The molecule has 2 heterocycles. The van der Waals surface area contributed by atoms with Crippen molar-refractivity contribution < 1.29 is 9.24 Å². The van der Waals surface area contributed by atoms with E-state index in [1.54, 1.807) is 6.07 Å². The van der Waals surface area contributed by atoms with Gasteiger partial charge in [0.15, 0.2) is 5.82 Å². The molecule has 0 aliphatic heterocycles. The lowest BCUT2D eigenvalue weighted by Gasteiger charge is -2.01. The Balaban J connectivity index is 2.62. The van der Waals surface area contributed by atoms with Gasteiger partial charge in [-0.2, -0.15) is 5.10 Å². The van der Waals surface area contributed by atoms with E-state index in [0.717, 1.165) is 6.20 Å². The molecule has 80 valence electrons. The van der Waals surface area contributed by atoms with Gasteiger partial charge in [-0.3, -0.25) is 0 Å². The van der Waals surface area contributed by atoms with Gasteiger partial charge in [-0.15, -0.1) is 0 Å². The van der Waals surface area contributed by atoms with E-state index >= 15 is 0 Å². The fraction of sp³-hybridized carbons (Fsp3) is 0. The van der Waals surface area contributed by atoms with Crippen molar-refractivity contribution in [2.24, 2.45) is 0 Å². The predicted molar refractivity (Wildman–Crippen MR) is 54.4 cm³/mol. The Bertz CT molecular complexity index is 711. The largest absolute Gasteiger partial charge is 0.594 e. The molecule has 0 aliphatic rings. The zero-order chi connectivity index (χ0) is 11.3. The Hall–Kier alpha value is -1.95. The Kier molecular flexibility index (Phi) is 1.75. The van der Waals surface area contributed by atoms with Crippen molar-refractivity contribution in [2.45, 2.75) is 0 Å². The molecule has 0 spiro atoms. The number of aromatic nitrogens is 4. The number of fused-ring (bicyclic) bond motifs is 3. The number of halogens is 2. The molecule has 7 heteroatoms. The second-order valence-electron chi connectivity index (χ2n) is 3.23. The highest BCUT2D eigenvalue weighted by Crippen LogP contribution is 2.17. The lowest BCUT2D eigenvalue weighted by Crippen LogP contribution is -2.33. The molecular weight excluding hydrogens is 235 g/mol. The molecule has 0 radical (unpaired) electrons. The summed E-state index contributed by atoms with van der Waals surface area (Å²) >= 11 is 5.81. The number of nitrogens with zero attached hydrogens (tertiary/aromatic N) is 4. The molecular formula is C9H4ClFN4O. The van der Waals surface area contributed by atoms with Crippen LogP contribution in [0.2, 0.25) is 5.02 Å². The predicted octanol–water partition coefficient (Wildman–Crippen LogP) is 1.31. The molecule has 0 unspecified atom stereocenters. The standard InChI is InChI=1S/C9H4ClFN4O/c10-5-1-2-7-8(3-5)14-9(13-15(7)16)6(11)4-12-14/h1-4H. The molecule has 0 bridgehead atoms. The average Bonchev–Trinajstić information content (AvgIpc) is 2.61. The zero-order valence-electron chi connectivity index (χ0n) is 7.76. The van der Waals surface area contributed by atoms with Crippen LogP contribution in [0.25, 0.3) is 16.7 Å². The van der Waals surface area contributed by atoms with Gasteiger partial charge < -0.3 is 5.21 Å². The van der Waals surface area contributed by atoms with Crippen molar-refractivity contribution in [1.82, 2.24) is 14.7 Å². The van der Waals surface area contributed by atoms with Crippen LogP contribution in [-0.2, 0) is 0 Å². The molecule has 1 aromatic carbocycles. The van der Waals surface area contributed by atoms with Gasteiger partial charge in [0.25, 0.3) is 11.2 Å². The minimum Gasteiger partial charge on any atom is -0.594 e. The Labute approximate surface area is 93.3 Å². The summed E-state index contributed by atoms with van der Waals surface area (Å²) in [6, 6.07) is 4.61. The summed E-state index contributed by atoms with van der Waals surface area (Å²) in [5.41, 5.74) is 0.571. The first kappa shape index (κ1) is 9.29. The topological polar surface area (TPSA) is 57.1 Å². The van der Waals surface area contributed by atoms with Gasteiger partial charge in [-0.1, -0.05) is 11.6 Å². The molecule has 0 fully saturated rings. The van der Waals surface area contributed by atoms with Crippen molar-refractivity contribution in [3.05, 3.63) is 40.4 Å². The van der Waals surface area contributed by atoms with Crippen LogP contribution in [0.5, 0.6) is 0 Å². The SMILES string of the molecule is [O-][n+]1nc2c(F)cnn2c2cc(Cl)ccc21. The minimum absolute atomic E-state index is 0.121. The van der Waals surface area contributed by atoms with E-state index in [1.807, 2.05) is 0 Å². The monoisotopic (exact) mass is 238 g/mol. The van der Waals surface area contributed by atoms with Gasteiger partial charge in [0.1, 0.15) is 5.52 Å². The third kappa shape index (κ3) is 1.13. The van der Waals surface area contributed by atoms with Crippen molar-refractivity contribution in [2.75, 3.05) is 0 Å². The summed E-state index contributed by atoms with van der Waals surface area (Å²) < 4.78 is 14.5. The lowest BCUT2D eigenvalue weighted by molar-refractivity contribution is -0.640. The first-order valence-electron chi connectivity index (χ1n) is 4.39. The summed E-state index contributed by atoms with van der Waals surface area (Å²) in [5.74, 6) is -0.647. The molecule has 3 rings (SSSR count). The summed E-state index contributed by atoms with van der Waals surface area (Å²) in [7, 11) is 0. The third-order valence-electron chi connectivity index (χ3n) is 2.26. The van der Waals surface area contributed by atoms with Crippen LogP contribution in [0.3, 0.4) is 0 Å². The maximum absolute atomic E-state index is 13.2. The van der Waals surface area contributed by atoms with Crippen LogP contribution in [0, 0.1) is 11.0 Å². The fourth-order valence-corrected chi connectivity index (χ4v) is 1.72. The molecule has 0 amide bonds. The average molecular weight is 239 g/mol. The van der Waals surface area contributed by atoms with Gasteiger partial charge in [-0.05, 0) is 17.0 Å². The molecule has 2 aromatic heterocycles. The molecule has 0 atom stereocenters. The van der Waals surface area contributed by atoms with Gasteiger partial charge in [0, 0.05) is 16.2 Å². The summed E-state index contributed by atoms with van der Waals surface area (Å²) in [5, 5.41) is 19.3. The normalized spacial score (nSPS) is 11.4. The molecule has 0 saturated carbocycles. The summed E-state index contributed by atoms with van der Waals surface area (Å²) in [6.07, 6.45) is 1.00. The maximum atomic E-state index is 13.2. The summed E-state index contributed by atoms with van der Waals surface area (Å²) in [6.45, 7) is 0. The van der Waals surface area contributed by atoms with Gasteiger partial charge in [0.2, 0.25) is 0 Å². The van der Waals surface area contributed by atoms with E-state index in [4.69, 9.17) is 11.6 Å². The molecule has 0 aliphatic carbocycles. The smallest absolute Gasteiger partial charge is 0.270 e. The molecule has 0 N–H and O–H groups in total. The highest BCUT2D eigenvalue weighted by atomic mass is 35.5.